The van der Waals surface area contributed by atoms with Crippen LogP contribution >= 0.6 is 0 Å². The molecule has 1 aromatic heterocycles. The van der Waals surface area contributed by atoms with E-state index in [0.717, 1.165) is 25.9 Å². The van der Waals surface area contributed by atoms with E-state index in [0.29, 0.717) is 43.2 Å². The average molecular weight is 292 g/mol. The van der Waals surface area contributed by atoms with Crippen LogP contribution in [0.5, 0.6) is 0 Å². The molecule has 2 heterocycles. The van der Waals surface area contributed by atoms with Crippen molar-refractivity contribution in [2.45, 2.75) is 25.8 Å². The minimum atomic E-state index is -0.380. The van der Waals surface area contributed by atoms with E-state index in [1.165, 1.54) is 0 Å². The lowest BCUT2D eigenvalue weighted by Gasteiger charge is -2.27. The normalized spacial score (nSPS) is 18.4. The summed E-state index contributed by atoms with van der Waals surface area (Å²) in [6, 6.07) is 0.408. The highest BCUT2D eigenvalue weighted by Gasteiger charge is 2.26. The van der Waals surface area contributed by atoms with E-state index >= 15 is 0 Å². The lowest BCUT2D eigenvalue weighted by molar-refractivity contribution is 0.0526. The zero-order valence-corrected chi connectivity index (χ0v) is 12.2. The molecule has 2 fully saturated rings. The summed E-state index contributed by atoms with van der Waals surface area (Å²) in [7, 11) is 0. The van der Waals surface area contributed by atoms with Gasteiger partial charge in [-0.2, -0.15) is 4.98 Å². The Morgan fingerprint density at radius 2 is 2.24 bits per heavy atom. The van der Waals surface area contributed by atoms with E-state index in [1.807, 2.05) is 0 Å². The predicted molar refractivity (Wildman–Crippen MR) is 77.7 cm³/mol. The van der Waals surface area contributed by atoms with Crippen molar-refractivity contribution in [2.75, 3.05) is 43.1 Å². The van der Waals surface area contributed by atoms with Crippen LogP contribution in [-0.2, 0) is 9.47 Å². The van der Waals surface area contributed by atoms with Crippen LogP contribution in [0.3, 0.4) is 0 Å². The highest BCUT2D eigenvalue weighted by atomic mass is 16.5. The summed E-state index contributed by atoms with van der Waals surface area (Å²) in [5, 5.41) is 3.29. The lowest BCUT2D eigenvalue weighted by atomic mass is 10.3. The molecule has 1 aliphatic carbocycles. The Labute approximate surface area is 123 Å². The van der Waals surface area contributed by atoms with E-state index in [2.05, 4.69) is 20.2 Å². The van der Waals surface area contributed by atoms with Crippen LogP contribution < -0.4 is 10.2 Å². The van der Waals surface area contributed by atoms with Gasteiger partial charge in [-0.25, -0.2) is 9.78 Å². The summed E-state index contributed by atoms with van der Waals surface area (Å²) in [6.45, 7) is 5.01. The molecule has 0 bridgehead atoms. The molecule has 1 saturated carbocycles. The van der Waals surface area contributed by atoms with Crippen molar-refractivity contribution >= 4 is 17.7 Å². The number of nitrogens with one attached hydrogen (secondary N) is 1. The molecule has 0 atom stereocenters. The van der Waals surface area contributed by atoms with Gasteiger partial charge in [0.05, 0.1) is 19.8 Å². The minimum Gasteiger partial charge on any atom is -0.462 e. The average Bonchev–Trinajstić information content (AvgIpc) is 3.32. The van der Waals surface area contributed by atoms with Gasteiger partial charge in [0, 0.05) is 25.3 Å². The third-order valence-corrected chi connectivity index (χ3v) is 3.48. The Morgan fingerprint density at radius 1 is 1.48 bits per heavy atom. The molecule has 1 saturated heterocycles. The van der Waals surface area contributed by atoms with Crippen molar-refractivity contribution in [3.63, 3.8) is 0 Å². The fourth-order valence-corrected chi connectivity index (χ4v) is 2.18. The first-order chi connectivity index (χ1) is 10.3. The topological polar surface area (TPSA) is 76.6 Å². The number of anilines is 2. The van der Waals surface area contributed by atoms with Gasteiger partial charge in [-0.05, 0) is 19.8 Å². The molecule has 0 spiro atoms. The summed E-state index contributed by atoms with van der Waals surface area (Å²) < 4.78 is 10.4. The Bertz CT molecular complexity index is 513. The molecule has 2 aliphatic rings. The van der Waals surface area contributed by atoms with Crippen LogP contribution in [0.4, 0.5) is 11.8 Å². The van der Waals surface area contributed by atoms with Crippen LogP contribution in [0.25, 0.3) is 0 Å². The number of esters is 1. The smallest absolute Gasteiger partial charge is 0.343 e. The van der Waals surface area contributed by atoms with Crippen LogP contribution in [0, 0.1) is 0 Å². The van der Waals surface area contributed by atoms with E-state index in [1.54, 1.807) is 13.1 Å². The fourth-order valence-electron chi connectivity index (χ4n) is 2.18. The molecular formula is C14H20N4O3. The van der Waals surface area contributed by atoms with Gasteiger partial charge in [0.15, 0.2) is 0 Å². The molecule has 21 heavy (non-hydrogen) atoms. The van der Waals surface area contributed by atoms with Crippen LogP contribution in [0.2, 0.25) is 0 Å². The maximum Gasteiger partial charge on any atom is 0.343 e. The number of carbonyl (C=O) groups is 1. The van der Waals surface area contributed by atoms with Crippen LogP contribution in [-0.4, -0.2) is 54.9 Å². The summed E-state index contributed by atoms with van der Waals surface area (Å²) in [4.78, 5) is 22.9. The highest BCUT2D eigenvalue weighted by molar-refractivity contribution is 5.94. The highest BCUT2D eigenvalue weighted by Crippen LogP contribution is 2.27. The molecule has 1 N–H and O–H groups in total. The standard InChI is InChI=1S/C14H20N4O3/c1-2-21-13(19)11-9-15-14(18-5-7-20-8-6-18)17-12(11)16-10-3-4-10/h9-10H,2-8H2,1H3,(H,15,16,17). The van der Waals surface area contributed by atoms with Crippen molar-refractivity contribution in [1.29, 1.82) is 0 Å². The molecule has 3 rings (SSSR count). The van der Waals surface area contributed by atoms with Gasteiger partial charge in [0.25, 0.3) is 0 Å². The van der Waals surface area contributed by atoms with Gasteiger partial charge in [-0.1, -0.05) is 0 Å². The Morgan fingerprint density at radius 3 is 2.90 bits per heavy atom. The molecular weight excluding hydrogens is 272 g/mol. The van der Waals surface area contributed by atoms with E-state index in [9.17, 15) is 4.79 Å². The van der Waals surface area contributed by atoms with Crippen molar-refractivity contribution in [3.8, 4) is 0 Å². The summed E-state index contributed by atoms with van der Waals surface area (Å²) in [6.07, 6.45) is 3.78. The maximum atomic E-state index is 12.0. The number of nitrogens with zero attached hydrogens (tertiary/aromatic N) is 3. The Hall–Kier alpha value is -1.89. The first kappa shape index (κ1) is 14.1. The summed E-state index contributed by atoms with van der Waals surface area (Å²) >= 11 is 0. The van der Waals surface area contributed by atoms with Crippen molar-refractivity contribution in [2.24, 2.45) is 0 Å². The number of carbonyl (C=O) groups excluding carboxylic acids is 1. The van der Waals surface area contributed by atoms with Crippen LogP contribution in [0.15, 0.2) is 6.20 Å². The number of hydrogen-bond donors (Lipinski definition) is 1. The molecule has 0 amide bonds. The largest absolute Gasteiger partial charge is 0.462 e. The third kappa shape index (κ3) is 3.41. The Kier molecular flexibility index (Phi) is 4.19. The summed E-state index contributed by atoms with van der Waals surface area (Å²) in [5.41, 5.74) is 0.403. The molecule has 7 nitrogen and oxygen atoms in total. The second-order valence-electron chi connectivity index (χ2n) is 5.17. The zero-order chi connectivity index (χ0) is 14.7. The van der Waals surface area contributed by atoms with Gasteiger partial charge < -0.3 is 19.7 Å². The van der Waals surface area contributed by atoms with Crippen LogP contribution in [0.1, 0.15) is 30.1 Å². The monoisotopic (exact) mass is 292 g/mol. The fraction of sp³-hybridized carbons (Fsp3) is 0.643. The van der Waals surface area contributed by atoms with E-state index in [-0.39, 0.29) is 5.97 Å². The van der Waals surface area contributed by atoms with Crippen molar-refractivity contribution < 1.29 is 14.3 Å². The molecule has 0 unspecified atom stereocenters. The van der Waals surface area contributed by atoms with Gasteiger partial charge in [-0.3, -0.25) is 0 Å². The predicted octanol–water partition coefficient (Wildman–Crippen LogP) is 1.06. The van der Waals surface area contributed by atoms with E-state index in [4.69, 9.17) is 9.47 Å². The van der Waals surface area contributed by atoms with Gasteiger partial charge in [-0.15, -0.1) is 0 Å². The second-order valence-corrected chi connectivity index (χ2v) is 5.17. The number of morpholine rings is 1. The molecule has 7 heteroatoms. The number of ether oxygens (including phenoxy) is 2. The molecule has 114 valence electrons. The van der Waals surface area contributed by atoms with Gasteiger partial charge in [0.1, 0.15) is 11.4 Å². The number of hydrogen-bond acceptors (Lipinski definition) is 7. The SMILES string of the molecule is CCOC(=O)c1cnc(N2CCOCC2)nc1NC1CC1. The summed E-state index contributed by atoms with van der Waals surface area (Å²) in [5.74, 6) is 0.830. The molecule has 1 aromatic rings. The van der Waals surface area contributed by atoms with E-state index < -0.39 is 0 Å². The lowest BCUT2D eigenvalue weighted by Crippen LogP contribution is -2.37. The first-order valence-corrected chi connectivity index (χ1v) is 7.41. The Balaban J connectivity index is 1.84. The van der Waals surface area contributed by atoms with Gasteiger partial charge >= 0.3 is 5.97 Å². The maximum absolute atomic E-state index is 12.0. The third-order valence-electron chi connectivity index (χ3n) is 3.48. The second kappa shape index (κ2) is 6.26. The zero-order valence-electron chi connectivity index (χ0n) is 12.2. The van der Waals surface area contributed by atoms with Crippen molar-refractivity contribution in [1.82, 2.24) is 9.97 Å². The van der Waals surface area contributed by atoms with Crippen molar-refractivity contribution in [3.05, 3.63) is 11.8 Å². The molecule has 1 aliphatic heterocycles. The molecule has 0 aromatic carbocycles. The quantitative estimate of drug-likeness (QED) is 0.813. The van der Waals surface area contributed by atoms with Gasteiger partial charge in [0.2, 0.25) is 5.95 Å². The number of aromatic nitrogens is 2. The number of rotatable bonds is 5. The molecule has 0 radical (unpaired) electrons. The minimum absolute atomic E-state index is 0.340. The first-order valence-electron chi connectivity index (χ1n) is 7.41.